The predicted octanol–water partition coefficient (Wildman–Crippen LogP) is 0.597. The zero-order valence-corrected chi connectivity index (χ0v) is 12.6. The van der Waals surface area contributed by atoms with Crippen LogP contribution in [0.4, 0.5) is 0 Å². The molecular weight excluding hydrogens is 284 g/mol. The molecule has 1 aliphatic rings. The van der Waals surface area contributed by atoms with Crippen LogP contribution in [-0.2, 0) is 7.05 Å². The van der Waals surface area contributed by atoms with E-state index >= 15 is 0 Å². The number of aromatic nitrogens is 5. The molecule has 0 N–H and O–H groups in total. The number of hydrogen-bond acceptors (Lipinski definition) is 6. The number of likely N-dealkylation sites (tertiary alicyclic amines) is 1. The van der Waals surface area contributed by atoms with Gasteiger partial charge in [-0.1, -0.05) is 5.21 Å². The minimum Gasteiger partial charge on any atom is -0.472 e. The first-order valence-electron chi connectivity index (χ1n) is 7.24. The lowest BCUT2D eigenvalue weighted by Crippen LogP contribution is -2.44. The number of amides is 1. The van der Waals surface area contributed by atoms with Crippen LogP contribution in [-0.4, -0.2) is 55.0 Å². The molecule has 1 amide bonds. The molecular formula is C14H18N6O2. The molecule has 0 aliphatic carbocycles. The van der Waals surface area contributed by atoms with Crippen molar-refractivity contribution in [2.45, 2.75) is 25.9 Å². The lowest BCUT2D eigenvalue weighted by molar-refractivity contribution is 0.0521. The smallest absolute Gasteiger partial charge is 0.276 e. The fourth-order valence-electron chi connectivity index (χ4n) is 2.50. The molecule has 116 valence electrons. The number of rotatable bonds is 3. The molecule has 8 heteroatoms. The first-order chi connectivity index (χ1) is 10.6. The Hall–Kier alpha value is -2.51. The maximum absolute atomic E-state index is 12.4. The summed E-state index contributed by atoms with van der Waals surface area (Å²) in [6, 6.07) is 1.73. The first-order valence-corrected chi connectivity index (χ1v) is 7.24. The summed E-state index contributed by atoms with van der Waals surface area (Å²) in [6.07, 6.45) is 5.01. The molecule has 1 atom stereocenters. The van der Waals surface area contributed by atoms with E-state index in [1.807, 2.05) is 6.92 Å². The molecule has 0 aromatic carbocycles. The van der Waals surface area contributed by atoms with E-state index in [0.717, 1.165) is 12.8 Å². The Morgan fingerprint density at radius 1 is 1.45 bits per heavy atom. The second-order valence-corrected chi connectivity index (χ2v) is 5.35. The average molecular weight is 302 g/mol. The summed E-state index contributed by atoms with van der Waals surface area (Å²) < 4.78 is 7.39. The van der Waals surface area contributed by atoms with Gasteiger partial charge in [0.25, 0.3) is 5.91 Å². The van der Waals surface area contributed by atoms with Crippen LogP contribution in [0.1, 0.15) is 29.2 Å². The SMILES string of the molecule is Cc1nccc(OC2CCCN(C(=O)c3cn(C)nn3)C2)n1. The molecule has 1 aliphatic heterocycles. The van der Waals surface area contributed by atoms with E-state index in [-0.39, 0.29) is 12.0 Å². The highest BCUT2D eigenvalue weighted by atomic mass is 16.5. The summed E-state index contributed by atoms with van der Waals surface area (Å²) in [6.45, 7) is 3.05. The lowest BCUT2D eigenvalue weighted by Gasteiger charge is -2.32. The standard InChI is InChI=1S/C14H18N6O2/c1-10-15-6-5-13(16-10)22-11-4-3-7-20(8-11)14(21)12-9-19(2)18-17-12/h5-6,9,11H,3-4,7-8H2,1-2H3. The fraction of sp³-hybridized carbons (Fsp3) is 0.500. The minimum absolute atomic E-state index is 0.0660. The van der Waals surface area contributed by atoms with Crippen LogP contribution >= 0.6 is 0 Å². The van der Waals surface area contributed by atoms with Crippen molar-refractivity contribution in [2.75, 3.05) is 13.1 Å². The van der Waals surface area contributed by atoms with E-state index in [1.54, 1.807) is 30.4 Å². The number of piperidine rings is 1. The topological polar surface area (TPSA) is 86.0 Å². The molecule has 1 unspecified atom stereocenters. The molecule has 0 saturated carbocycles. The van der Waals surface area contributed by atoms with Gasteiger partial charge in [0, 0.05) is 25.9 Å². The molecule has 2 aromatic rings. The number of aryl methyl sites for hydroxylation is 2. The molecule has 3 heterocycles. The Morgan fingerprint density at radius 2 is 2.32 bits per heavy atom. The molecule has 0 spiro atoms. The van der Waals surface area contributed by atoms with Gasteiger partial charge in [0.05, 0.1) is 12.7 Å². The van der Waals surface area contributed by atoms with Gasteiger partial charge in [-0.25, -0.2) is 4.98 Å². The maximum atomic E-state index is 12.4. The van der Waals surface area contributed by atoms with Gasteiger partial charge in [0.1, 0.15) is 11.9 Å². The Labute approximate surface area is 128 Å². The van der Waals surface area contributed by atoms with Crippen molar-refractivity contribution in [1.29, 1.82) is 0 Å². The number of ether oxygens (including phenoxy) is 1. The Balaban J connectivity index is 1.65. The zero-order chi connectivity index (χ0) is 15.5. The van der Waals surface area contributed by atoms with E-state index in [1.165, 1.54) is 4.68 Å². The Bertz CT molecular complexity index is 671. The van der Waals surface area contributed by atoms with Gasteiger partial charge < -0.3 is 9.64 Å². The normalized spacial score (nSPS) is 18.3. The lowest BCUT2D eigenvalue weighted by atomic mass is 10.1. The van der Waals surface area contributed by atoms with Crippen molar-refractivity contribution >= 4 is 5.91 Å². The third kappa shape index (κ3) is 3.21. The monoisotopic (exact) mass is 302 g/mol. The summed E-state index contributed by atoms with van der Waals surface area (Å²) in [7, 11) is 1.74. The molecule has 3 rings (SSSR count). The van der Waals surface area contributed by atoms with Crippen LogP contribution < -0.4 is 4.74 Å². The molecule has 1 fully saturated rings. The molecule has 22 heavy (non-hydrogen) atoms. The highest BCUT2D eigenvalue weighted by molar-refractivity contribution is 5.92. The second kappa shape index (κ2) is 6.08. The maximum Gasteiger partial charge on any atom is 0.276 e. The van der Waals surface area contributed by atoms with E-state index in [4.69, 9.17) is 4.74 Å². The summed E-state index contributed by atoms with van der Waals surface area (Å²) >= 11 is 0. The summed E-state index contributed by atoms with van der Waals surface area (Å²) in [5.41, 5.74) is 0.362. The van der Waals surface area contributed by atoms with Crippen molar-refractivity contribution in [2.24, 2.45) is 7.05 Å². The van der Waals surface area contributed by atoms with Crippen LogP contribution in [0.3, 0.4) is 0 Å². The molecule has 8 nitrogen and oxygen atoms in total. The van der Waals surface area contributed by atoms with E-state index in [9.17, 15) is 4.79 Å². The summed E-state index contributed by atoms with van der Waals surface area (Å²) in [5.74, 6) is 1.10. The molecule has 0 radical (unpaired) electrons. The van der Waals surface area contributed by atoms with E-state index in [2.05, 4.69) is 20.3 Å². The third-order valence-electron chi connectivity index (χ3n) is 3.53. The molecule has 0 bridgehead atoms. The van der Waals surface area contributed by atoms with Crippen LogP contribution in [0, 0.1) is 6.92 Å². The number of hydrogen-bond donors (Lipinski definition) is 0. The van der Waals surface area contributed by atoms with Crippen LogP contribution in [0.25, 0.3) is 0 Å². The van der Waals surface area contributed by atoms with E-state index < -0.39 is 0 Å². The van der Waals surface area contributed by atoms with Crippen molar-refractivity contribution in [1.82, 2.24) is 29.9 Å². The van der Waals surface area contributed by atoms with Gasteiger partial charge in [0.15, 0.2) is 5.69 Å². The minimum atomic E-state index is -0.111. The van der Waals surface area contributed by atoms with Gasteiger partial charge in [-0.3, -0.25) is 9.48 Å². The van der Waals surface area contributed by atoms with Gasteiger partial charge in [0.2, 0.25) is 5.88 Å². The Morgan fingerprint density at radius 3 is 3.05 bits per heavy atom. The quantitative estimate of drug-likeness (QED) is 0.825. The molecule has 2 aromatic heterocycles. The third-order valence-corrected chi connectivity index (χ3v) is 3.53. The van der Waals surface area contributed by atoms with Gasteiger partial charge in [-0.2, -0.15) is 4.98 Å². The number of nitrogens with zero attached hydrogens (tertiary/aromatic N) is 6. The fourth-order valence-corrected chi connectivity index (χ4v) is 2.50. The van der Waals surface area contributed by atoms with Gasteiger partial charge >= 0.3 is 0 Å². The molecule has 1 saturated heterocycles. The van der Waals surface area contributed by atoms with Crippen molar-refractivity contribution in [3.8, 4) is 5.88 Å². The largest absolute Gasteiger partial charge is 0.472 e. The van der Waals surface area contributed by atoms with Crippen molar-refractivity contribution in [3.63, 3.8) is 0 Å². The van der Waals surface area contributed by atoms with Crippen LogP contribution in [0.5, 0.6) is 5.88 Å². The van der Waals surface area contributed by atoms with Crippen molar-refractivity contribution in [3.05, 3.63) is 30.0 Å². The van der Waals surface area contributed by atoms with Crippen LogP contribution in [0.2, 0.25) is 0 Å². The van der Waals surface area contributed by atoms with Gasteiger partial charge in [-0.15, -0.1) is 5.10 Å². The highest BCUT2D eigenvalue weighted by Crippen LogP contribution is 2.17. The zero-order valence-electron chi connectivity index (χ0n) is 12.6. The van der Waals surface area contributed by atoms with Crippen LogP contribution in [0.15, 0.2) is 18.5 Å². The number of carbonyl (C=O) groups is 1. The average Bonchev–Trinajstić information content (AvgIpc) is 2.93. The number of carbonyl (C=O) groups excluding carboxylic acids is 1. The summed E-state index contributed by atoms with van der Waals surface area (Å²) in [4.78, 5) is 22.4. The van der Waals surface area contributed by atoms with Gasteiger partial charge in [-0.05, 0) is 19.8 Å². The van der Waals surface area contributed by atoms with Crippen molar-refractivity contribution < 1.29 is 9.53 Å². The first kappa shape index (κ1) is 14.4. The van der Waals surface area contributed by atoms with E-state index in [0.29, 0.717) is 30.5 Å². The predicted molar refractivity (Wildman–Crippen MR) is 77.3 cm³/mol. The highest BCUT2D eigenvalue weighted by Gasteiger charge is 2.27. The second-order valence-electron chi connectivity index (χ2n) is 5.35. The Kier molecular flexibility index (Phi) is 3.99. The summed E-state index contributed by atoms with van der Waals surface area (Å²) in [5, 5.41) is 7.67.